The highest BCUT2D eigenvalue weighted by Gasteiger charge is 2.60. The molecule has 1 saturated carbocycles. The van der Waals surface area contributed by atoms with Crippen LogP contribution < -0.4 is 0 Å². The normalized spacial score (nSPS) is 31.1. The standard InChI is InChI=1S/C23H22N2O9/c26-21-22(11-31-19(32-12-22)15-1-5-17(6-2-15)24(27)28)9-10-23(21)13-33-20(34-14-23)16-3-7-18(8-4-16)25(29)30/h1-8,19-20H,9-14H2. The van der Waals surface area contributed by atoms with Crippen molar-refractivity contribution in [2.24, 2.45) is 10.8 Å². The van der Waals surface area contributed by atoms with Crippen molar-refractivity contribution in [2.45, 2.75) is 25.4 Å². The van der Waals surface area contributed by atoms with Crippen LogP contribution in [0.1, 0.15) is 36.5 Å². The molecular weight excluding hydrogens is 448 g/mol. The molecule has 0 bridgehead atoms. The number of nitro groups is 2. The molecule has 2 aliphatic heterocycles. The average Bonchev–Trinajstić information content (AvgIpc) is 3.11. The average molecular weight is 470 g/mol. The SMILES string of the molecule is O=C1C2(CCC13COC(c1ccc([N+](=O)[O-])cc1)OC3)COC(c1ccc([N+](=O)[O-])cc1)OC2. The summed E-state index contributed by atoms with van der Waals surface area (Å²) < 4.78 is 23.5. The van der Waals surface area contributed by atoms with E-state index in [4.69, 9.17) is 18.9 Å². The Bertz CT molecular complexity index is 1010. The Hall–Kier alpha value is -3.25. The van der Waals surface area contributed by atoms with Gasteiger partial charge in [-0.15, -0.1) is 0 Å². The lowest BCUT2D eigenvalue weighted by molar-refractivity contribution is -0.385. The van der Waals surface area contributed by atoms with Gasteiger partial charge in [0.15, 0.2) is 18.4 Å². The molecule has 2 spiro atoms. The molecule has 11 heteroatoms. The monoisotopic (exact) mass is 470 g/mol. The highest BCUT2D eigenvalue weighted by atomic mass is 16.7. The maximum Gasteiger partial charge on any atom is 0.269 e. The number of ketones is 1. The van der Waals surface area contributed by atoms with E-state index >= 15 is 0 Å². The number of Topliss-reactive ketones (excluding diaryl/α,β-unsaturated/α-hetero) is 1. The topological polar surface area (TPSA) is 140 Å². The van der Waals surface area contributed by atoms with Crippen LogP contribution in [0, 0.1) is 31.1 Å². The van der Waals surface area contributed by atoms with Gasteiger partial charge in [-0.3, -0.25) is 25.0 Å². The van der Waals surface area contributed by atoms with Crippen LogP contribution >= 0.6 is 0 Å². The van der Waals surface area contributed by atoms with Gasteiger partial charge in [-0.1, -0.05) is 0 Å². The maximum absolute atomic E-state index is 13.5. The molecule has 178 valence electrons. The first kappa shape index (κ1) is 22.5. The minimum atomic E-state index is -0.788. The third-order valence-electron chi connectivity index (χ3n) is 6.84. The highest BCUT2D eigenvalue weighted by molar-refractivity contribution is 5.93. The van der Waals surface area contributed by atoms with E-state index in [2.05, 4.69) is 0 Å². The van der Waals surface area contributed by atoms with E-state index in [1.807, 2.05) is 0 Å². The van der Waals surface area contributed by atoms with Crippen LogP contribution in [-0.2, 0) is 23.7 Å². The Morgan fingerprint density at radius 2 is 0.971 bits per heavy atom. The maximum atomic E-state index is 13.5. The second kappa shape index (κ2) is 8.51. The predicted molar refractivity (Wildman–Crippen MR) is 115 cm³/mol. The van der Waals surface area contributed by atoms with Gasteiger partial charge in [-0.05, 0) is 37.1 Å². The molecule has 0 amide bonds. The van der Waals surface area contributed by atoms with Gasteiger partial charge in [0, 0.05) is 35.4 Å². The quantitative estimate of drug-likeness (QED) is 0.484. The molecule has 2 heterocycles. The number of carbonyl (C=O) groups excluding carboxylic acids is 1. The van der Waals surface area contributed by atoms with Crippen molar-refractivity contribution in [3.63, 3.8) is 0 Å². The van der Waals surface area contributed by atoms with Gasteiger partial charge >= 0.3 is 0 Å². The molecule has 2 saturated heterocycles. The lowest BCUT2D eigenvalue weighted by Crippen LogP contribution is -2.50. The number of ether oxygens (including phenoxy) is 4. The van der Waals surface area contributed by atoms with Crippen LogP contribution in [0.5, 0.6) is 0 Å². The van der Waals surface area contributed by atoms with Gasteiger partial charge < -0.3 is 18.9 Å². The Kier molecular flexibility index (Phi) is 5.64. The smallest absolute Gasteiger partial charge is 0.269 e. The Balaban J connectivity index is 1.21. The number of hydrogen-bond acceptors (Lipinski definition) is 9. The van der Waals surface area contributed by atoms with Gasteiger partial charge in [0.2, 0.25) is 0 Å². The minimum Gasteiger partial charge on any atom is -0.347 e. The lowest BCUT2D eigenvalue weighted by Gasteiger charge is -2.40. The fraction of sp³-hybridized carbons (Fsp3) is 0.435. The molecule has 0 radical (unpaired) electrons. The van der Waals surface area contributed by atoms with Crippen LogP contribution in [0.2, 0.25) is 0 Å². The first-order chi connectivity index (χ1) is 16.3. The van der Waals surface area contributed by atoms with E-state index in [9.17, 15) is 25.0 Å². The van der Waals surface area contributed by atoms with Gasteiger partial charge in [-0.25, -0.2) is 0 Å². The van der Waals surface area contributed by atoms with Crippen LogP contribution in [0.15, 0.2) is 48.5 Å². The highest BCUT2D eigenvalue weighted by Crippen LogP contribution is 2.52. The Morgan fingerprint density at radius 3 is 1.26 bits per heavy atom. The van der Waals surface area contributed by atoms with Crippen molar-refractivity contribution in [3.8, 4) is 0 Å². The molecule has 11 nitrogen and oxygen atoms in total. The number of nitrogens with zero attached hydrogens (tertiary/aromatic N) is 2. The summed E-state index contributed by atoms with van der Waals surface area (Å²) in [6, 6.07) is 11.9. The zero-order valence-corrected chi connectivity index (χ0v) is 18.1. The first-order valence-corrected chi connectivity index (χ1v) is 10.8. The number of non-ortho nitro benzene ring substituents is 2. The molecule has 0 unspecified atom stereocenters. The fourth-order valence-electron chi connectivity index (χ4n) is 4.83. The summed E-state index contributed by atoms with van der Waals surface area (Å²) in [6.45, 7) is 0.726. The number of benzene rings is 2. The largest absolute Gasteiger partial charge is 0.347 e. The van der Waals surface area contributed by atoms with Crippen LogP contribution in [-0.4, -0.2) is 42.1 Å². The molecule has 0 aromatic heterocycles. The van der Waals surface area contributed by atoms with Gasteiger partial charge in [0.1, 0.15) is 0 Å². The second-order valence-corrected chi connectivity index (χ2v) is 8.99. The minimum absolute atomic E-state index is 0.00991. The summed E-state index contributed by atoms with van der Waals surface area (Å²) in [4.78, 5) is 34.2. The van der Waals surface area contributed by atoms with Crippen LogP contribution in [0.25, 0.3) is 0 Å². The fourth-order valence-corrected chi connectivity index (χ4v) is 4.83. The third kappa shape index (κ3) is 3.86. The van der Waals surface area contributed by atoms with Crippen molar-refractivity contribution in [1.29, 1.82) is 0 Å². The second-order valence-electron chi connectivity index (χ2n) is 8.99. The van der Waals surface area contributed by atoms with E-state index < -0.39 is 33.3 Å². The summed E-state index contributed by atoms with van der Waals surface area (Å²) in [7, 11) is 0. The number of hydrogen-bond donors (Lipinski definition) is 0. The molecule has 0 N–H and O–H groups in total. The Morgan fingerprint density at radius 1 is 0.647 bits per heavy atom. The molecule has 5 rings (SSSR count). The molecule has 2 aromatic rings. The zero-order valence-electron chi connectivity index (χ0n) is 18.1. The molecule has 3 aliphatic rings. The summed E-state index contributed by atoms with van der Waals surface area (Å²) in [6.07, 6.45) is -0.233. The van der Waals surface area contributed by atoms with E-state index in [-0.39, 0.29) is 43.6 Å². The van der Waals surface area contributed by atoms with Gasteiger partial charge in [0.05, 0.1) is 47.1 Å². The summed E-state index contributed by atoms with van der Waals surface area (Å²) in [5.41, 5.74) is -0.317. The van der Waals surface area contributed by atoms with E-state index in [1.165, 1.54) is 24.3 Å². The lowest BCUT2D eigenvalue weighted by atomic mass is 9.78. The van der Waals surface area contributed by atoms with Crippen molar-refractivity contribution in [2.75, 3.05) is 26.4 Å². The van der Waals surface area contributed by atoms with Crippen molar-refractivity contribution >= 4 is 17.2 Å². The summed E-state index contributed by atoms with van der Waals surface area (Å²) >= 11 is 0. The van der Waals surface area contributed by atoms with Gasteiger partial charge in [0.25, 0.3) is 11.4 Å². The first-order valence-electron chi connectivity index (χ1n) is 10.8. The van der Waals surface area contributed by atoms with Gasteiger partial charge in [-0.2, -0.15) is 0 Å². The van der Waals surface area contributed by atoms with Crippen LogP contribution in [0.3, 0.4) is 0 Å². The van der Waals surface area contributed by atoms with E-state index in [0.717, 1.165) is 0 Å². The van der Waals surface area contributed by atoms with Crippen molar-refractivity contribution in [3.05, 3.63) is 79.9 Å². The number of nitro benzene ring substituents is 2. The zero-order chi connectivity index (χ0) is 23.9. The summed E-state index contributed by atoms with van der Waals surface area (Å²) in [5.74, 6) is -0.00991. The molecule has 1 aliphatic carbocycles. The third-order valence-corrected chi connectivity index (χ3v) is 6.84. The predicted octanol–water partition coefficient (Wildman–Crippen LogP) is 3.63. The summed E-state index contributed by atoms with van der Waals surface area (Å²) in [5, 5.41) is 21.7. The molecule has 34 heavy (non-hydrogen) atoms. The van der Waals surface area contributed by atoms with Crippen molar-refractivity contribution < 1.29 is 33.6 Å². The molecule has 0 atom stereocenters. The van der Waals surface area contributed by atoms with E-state index in [1.54, 1.807) is 24.3 Å². The number of rotatable bonds is 4. The molecule has 3 fully saturated rings. The molecular formula is C23H22N2O9. The van der Waals surface area contributed by atoms with E-state index in [0.29, 0.717) is 24.0 Å². The van der Waals surface area contributed by atoms with Crippen LogP contribution in [0.4, 0.5) is 11.4 Å². The number of carbonyl (C=O) groups is 1. The molecule has 2 aromatic carbocycles. The van der Waals surface area contributed by atoms with Crippen molar-refractivity contribution in [1.82, 2.24) is 0 Å². The Labute approximate surface area is 193 Å².